The van der Waals surface area contributed by atoms with Crippen LogP contribution in [0, 0.1) is 12.8 Å². The zero-order valence-electron chi connectivity index (χ0n) is 24.8. The Morgan fingerprint density at radius 3 is 2.70 bits per heavy atom. The lowest BCUT2D eigenvalue weighted by Gasteiger charge is -2.26. The zero-order chi connectivity index (χ0) is 31.6. The SMILES string of the molecule is Cc1cccc(Nc2nccc(C(F)(F)F)n2)c1.O=C(NCCCN1CCCCC1=O)[C@H]1CCC[C@](O)(c2nccs2)CC1. The van der Waals surface area contributed by atoms with Crippen LogP contribution in [0.3, 0.4) is 0 Å². The second-order valence-corrected chi connectivity index (χ2v) is 12.1. The van der Waals surface area contributed by atoms with E-state index in [0.717, 1.165) is 68.0 Å². The fourth-order valence-electron chi connectivity index (χ4n) is 5.41. The highest BCUT2D eigenvalue weighted by atomic mass is 32.1. The van der Waals surface area contributed by atoms with Gasteiger partial charge in [0.1, 0.15) is 16.3 Å². The van der Waals surface area contributed by atoms with Crippen LogP contribution in [0.15, 0.2) is 48.1 Å². The van der Waals surface area contributed by atoms with Gasteiger partial charge in [0.05, 0.1) is 0 Å². The lowest BCUT2D eigenvalue weighted by atomic mass is 9.94. The lowest BCUT2D eigenvalue weighted by molar-refractivity contribution is -0.141. The summed E-state index contributed by atoms with van der Waals surface area (Å²) < 4.78 is 37.4. The number of aliphatic hydroxyl groups is 1. The fraction of sp³-hybridized carbons (Fsp3) is 0.516. The van der Waals surface area contributed by atoms with Crippen molar-refractivity contribution in [3.8, 4) is 0 Å². The number of carbonyl (C=O) groups excluding carboxylic acids is 2. The molecule has 1 aliphatic heterocycles. The number of likely N-dealkylation sites (tertiary alicyclic amines) is 1. The molecule has 5 rings (SSSR count). The summed E-state index contributed by atoms with van der Waals surface area (Å²) in [4.78, 5) is 37.6. The first-order valence-electron chi connectivity index (χ1n) is 15.0. The Morgan fingerprint density at radius 1 is 1.14 bits per heavy atom. The van der Waals surface area contributed by atoms with Crippen LogP contribution >= 0.6 is 11.3 Å². The molecule has 44 heavy (non-hydrogen) atoms. The van der Waals surface area contributed by atoms with E-state index in [0.29, 0.717) is 37.9 Å². The summed E-state index contributed by atoms with van der Waals surface area (Å²) in [5.41, 5.74) is -0.202. The topological polar surface area (TPSA) is 120 Å². The van der Waals surface area contributed by atoms with E-state index in [-0.39, 0.29) is 23.7 Å². The standard InChI is InChI=1S/C19H29N3O3S.C12H10F3N3/c23-16-6-1-2-12-22(16)13-4-10-20-17(24)15-5-3-8-19(25,9-7-15)18-21-11-14-26-18;1-8-3-2-4-9(7-8)17-11-16-6-5-10(18-11)12(13,14)15/h11,14-15,25H,1-10,12-13H2,(H,20,24);2-7H,1H3,(H,16,17,18)/t15-,19+;/m0./s1. The average molecular weight is 633 g/mol. The van der Waals surface area contributed by atoms with Crippen LogP contribution in [0.5, 0.6) is 0 Å². The number of hydrogen-bond donors (Lipinski definition) is 3. The molecule has 0 spiro atoms. The van der Waals surface area contributed by atoms with Crippen LogP contribution in [0.1, 0.15) is 74.1 Å². The van der Waals surface area contributed by atoms with Crippen molar-refractivity contribution in [1.29, 1.82) is 0 Å². The number of aryl methyl sites for hydroxylation is 1. The first kappa shape index (κ1) is 33.3. The van der Waals surface area contributed by atoms with Gasteiger partial charge in [-0.15, -0.1) is 11.3 Å². The number of hydrogen-bond acceptors (Lipinski definition) is 8. The number of nitrogens with zero attached hydrogens (tertiary/aromatic N) is 4. The number of halogens is 3. The molecular weight excluding hydrogens is 593 g/mol. The first-order chi connectivity index (χ1) is 21.0. The number of carbonyl (C=O) groups is 2. The molecule has 3 heterocycles. The van der Waals surface area contributed by atoms with Crippen molar-refractivity contribution in [2.45, 2.75) is 76.5 Å². The number of alkyl halides is 3. The van der Waals surface area contributed by atoms with Crippen LogP contribution in [0.25, 0.3) is 0 Å². The molecule has 0 bridgehead atoms. The molecule has 0 radical (unpaired) electrons. The molecule has 1 saturated carbocycles. The predicted octanol–water partition coefficient (Wildman–Crippen LogP) is 5.98. The minimum atomic E-state index is -4.47. The molecule has 2 amide bonds. The maximum atomic E-state index is 12.5. The molecule has 3 N–H and O–H groups in total. The summed E-state index contributed by atoms with van der Waals surface area (Å²) in [6, 6.07) is 8.05. The van der Waals surface area contributed by atoms with Crippen molar-refractivity contribution in [2.24, 2.45) is 5.92 Å². The predicted molar refractivity (Wildman–Crippen MR) is 162 cm³/mol. The molecular formula is C31H39F3N6O3S. The van der Waals surface area contributed by atoms with E-state index in [1.807, 2.05) is 23.3 Å². The van der Waals surface area contributed by atoms with Gasteiger partial charge in [-0.2, -0.15) is 13.2 Å². The van der Waals surface area contributed by atoms with Crippen molar-refractivity contribution in [3.63, 3.8) is 0 Å². The smallest absolute Gasteiger partial charge is 0.383 e. The Labute approximate surface area is 259 Å². The third-order valence-corrected chi connectivity index (χ3v) is 8.76. The number of nitrogens with one attached hydrogen (secondary N) is 2. The van der Waals surface area contributed by atoms with Gasteiger partial charge in [0.25, 0.3) is 0 Å². The Hall–Kier alpha value is -3.58. The van der Waals surface area contributed by atoms with Crippen molar-refractivity contribution in [3.05, 3.63) is 64.4 Å². The number of amides is 2. The van der Waals surface area contributed by atoms with Gasteiger partial charge in [-0.05, 0) is 82.1 Å². The summed E-state index contributed by atoms with van der Waals surface area (Å²) in [5, 5.41) is 19.3. The van der Waals surface area contributed by atoms with Gasteiger partial charge in [0.2, 0.25) is 17.8 Å². The molecule has 238 valence electrons. The largest absolute Gasteiger partial charge is 0.433 e. The van der Waals surface area contributed by atoms with E-state index in [1.165, 1.54) is 11.3 Å². The van der Waals surface area contributed by atoms with Gasteiger partial charge in [-0.25, -0.2) is 15.0 Å². The summed E-state index contributed by atoms with van der Waals surface area (Å²) in [7, 11) is 0. The van der Waals surface area contributed by atoms with Gasteiger partial charge in [-0.3, -0.25) is 9.59 Å². The summed E-state index contributed by atoms with van der Waals surface area (Å²) in [6.45, 7) is 4.08. The highest BCUT2D eigenvalue weighted by Gasteiger charge is 2.36. The number of piperidine rings is 1. The Balaban J connectivity index is 0.000000215. The van der Waals surface area contributed by atoms with E-state index in [1.54, 1.807) is 24.4 Å². The third-order valence-electron chi connectivity index (χ3n) is 7.80. The van der Waals surface area contributed by atoms with Crippen molar-refractivity contribution in [1.82, 2.24) is 25.2 Å². The molecule has 0 unspecified atom stereocenters. The molecule has 2 aromatic heterocycles. The Morgan fingerprint density at radius 2 is 1.98 bits per heavy atom. The molecule has 2 atom stereocenters. The van der Waals surface area contributed by atoms with Crippen molar-refractivity contribution in [2.75, 3.05) is 25.0 Å². The fourth-order valence-corrected chi connectivity index (χ4v) is 6.20. The lowest BCUT2D eigenvalue weighted by Crippen LogP contribution is -2.38. The number of anilines is 2. The van der Waals surface area contributed by atoms with E-state index >= 15 is 0 Å². The second-order valence-electron chi connectivity index (χ2n) is 11.2. The van der Waals surface area contributed by atoms with E-state index < -0.39 is 17.5 Å². The van der Waals surface area contributed by atoms with Crippen molar-refractivity contribution < 1.29 is 27.9 Å². The van der Waals surface area contributed by atoms with Crippen molar-refractivity contribution >= 4 is 34.8 Å². The van der Waals surface area contributed by atoms with Crippen LogP contribution in [0.4, 0.5) is 24.8 Å². The van der Waals surface area contributed by atoms with Gasteiger partial charge in [-0.1, -0.05) is 12.1 Å². The van der Waals surface area contributed by atoms with Crippen LogP contribution in [-0.4, -0.2) is 56.4 Å². The molecule has 1 aromatic carbocycles. The molecule has 2 fully saturated rings. The van der Waals surface area contributed by atoms with Gasteiger partial charge in [0.15, 0.2) is 0 Å². The summed E-state index contributed by atoms with van der Waals surface area (Å²) in [6.07, 6.45) is 5.46. The molecule has 3 aromatic rings. The van der Waals surface area contributed by atoms with Gasteiger partial charge < -0.3 is 20.6 Å². The molecule has 2 aliphatic rings. The normalized spacial score (nSPS) is 20.7. The van der Waals surface area contributed by atoms with E-state index in [2.05, 4.69) is 25.6 Å². The monoisotopic (exact) mass is 632 g/mol. The number of aromatic nitrogens is 3. The molecule has 1 saturated heterocycles. The van der Waals surface area contributed by atoms with Gasteiger partial charge >= 0.3 is 6.18 Å². The quantitative estimate of drug-likeness (QED) is 0.207. The molecule has 9 nitrogen and oxygen atoms in total. The zero-order valence-corrected chi connectivity index (χ0v) is 25.6. The average Bonchev–Trinajstić information content (AvgIpc) is 3.47. The van der Waals surface area contributed by atoms with Crippen LogP contribution < -0.4 is 10.6 Å². The summed E-state index contributed by atoms with van der Waals surface area (Å²) in [5.74, 6) is 0.210. The maximum Gasteiger partial charge on any atom is 0.433 e. The van der Waals surface area contributed by atoms with Gasteiger partial charge in [0, 0.05) is 55.4 Å². The summed E-state index contributed by atoms with van der Waals surface area (Å²) >= 11 is 1.48. The number of thiazole rings is 1. The third kappa shape index (κ3) is 9.71. The highest BCUT2D eigenvalue weighted by Crippen LogP contribution is 2.38. The number of rotatable bonds is 8. The van der Waals surface area contributed by atoms with Crippen LogP contribution in [0.2, 0.25) is 0 Å². The minimum Gasteiger partial charge on any atom is -0.383 e. The first-order valence-corrected chi connectivity index (χ1v) is 15.8. The van der Waals surface area contributed by atoms with E-state index in [4.69, 9.17) is 0 Å². The highest BCUT2D eigenvalue weighted by molar-refractivity contribution is 7.09. The maximum absolute atomic E-state index is 12.5. The van der Waals surface area contributed by atoms with Crippen LogP contribution in [-0.2, 0) is 21.4 Å². The minimum absolute atomic E-state index is 0.0411. The second kappa shape index (κ2) is 15.4. The molecule has 1 aliphatic carbocycles. The Bertz CT molecular complexity index is 1370. The Kier molecular flexibility index (Phi) is 11.7. The number of benzene rings is 1. The molecule has 13 heteroatoms. The van der Waals surface area contributed by atoms with E-state index in [9.17, 15) is 27.9 Å².